The number of anilines is 1. The Morgan fingerprint density at radius 1 is 0.938 bits per heavy atom. The van der Waals surface area contributed by atoms with E-state index < -0.39 is 0 Å². The fourth-order valence-electron chi connectivity index (χ4n) is 2.04. The minimum absolute atomic E-state index is 1.11. The Hall–Kier alpha value is -0.980. The minimum Gasteiger partial charge on any atom is -0.385 e. The van der Waals surface area contributed by atoms with Crippen LogP contribution in [-0.4, -0.2) is 6.54 Å². The molecule has 0 aromatic heterocycles. The van der Waals surface area contributed by atoms with Gasteiger partial charge in [0, 0.05) is 12.2 Å². The standard InChI is InChI=1S/C15H25N/c1-4-5-6-7-8-12-16-15-13(2)10-9-11-14(15)3/h9-11,16H,4-8,12H2,1-3H3. The Labute approximate surface area is 100 Å². The van der Waals surface area contributed by atoms with E-state index in [9.17, 15) is 0 Å². The summed E-state index contributed by atoms with van der Waals surface area (Å²) in [5, 5.41) is 3.56. The molecule has 1 nitrogen and oxygen atoms in total. The first-order valence-electron chi connectivity index (χ1n) is 6.55. The Balaban J connectivity index is 2.26. The van der Waals surface area contributed by atoms with Gasteiger partial charge < -0.3 is 5.32 Å². The van der Waals surface area contributed by atoms with Gasteiger partial charge in [0.1, 0.15) is 0 Å². The molecule has 1 aromatic rings. The quantitative estimate of drug-likeness (QED) is 0.656. The summed E-state index contributed by atoms with van der Waals surface area (Å²) >= 11 is 0. The molecule has 0 amide bonds. The molecule has 0 aliphatic carbocycles. The van der Waals surface area contributed by atoms with Crippen LogP contribution in [0, 0.1) is 13.8 Å². The maximum absolute atomic E-state index is 3.56. The maximum Gasteiger partial charge on any atom is 0.0399 e. The second kappa shape index (κ2) is 7.32. The van der Waals surface area contributed by atoms with Crippen molar-refractivity contribution in [1.29, 1.82) is 0 Å². The van der Waals surface area contributed by atoms with E-state index in [-0.39, 0.29) is 0 Å². The van der Waals surface area contributed by atoms with Gasteiger partial charge in [-0.25, -0.2) is 0 Å². The summed E-state index contributed by atoms with van der Waals surface area (Å²) in [7, 11) is 0. The van der Waals surface area contributed by atoms with Gasteiger partial charge in [-0.1, -0.05) is 50.8 Å². The van der Waals surface area contributed by atoms with Crippen LogP contribution in [0.4, 0.5) is 5.69 Å². The van der Waals surface area contributed by atoms with Crippen molar-refractivity contribution in [3.8, 4) is 0 Å². The number of nitrogens with one attached hydrogen (secondary N) is 1. The summed E-state index contributed by atoms with van der Waals surface area (Å²) in [6, 6.07) is 6.47. The Morgan fingerprint density at radius 3 is 2.19 bits per heavy atom. The molecule has 0 heterocycles. The second-order valence-electron chi connectivity index (χ2n) is 4.61. The molecule has 0 aliphatic heterocycles. The molecule has 0 spiro atoms. The van der Waals surface area contributed by atoms with E-state index in [1.807, 2.05) is 0 Å². The fraction of sp³-hybridized carbons (Fsp3) is 0.600. The zero-order chi connectivity index (χ0) is 11.8. The van der Waals surface area contributed by atoms with Gasteiger partial charge in [0.2, 0.25) is 0 Å². The summed E-state index contributed by atoms with van der Waals surface area (Å²) in [4.78, 5) is 0. The monoisotopic (exact) mass is 219 g/mol. The molecule has 1 N–H and O–H groups in total. The molecule has 1 aromatic carbocycles. The number of aryl methyl sites for hydroxylation is 2. The molecule has 90 valence electrons. The zero-order valence-electron chi connectivity index (χ0n) is 11.0. The molecule has 0 bridgehead atoms. The first kappa shape index (κ1) is 13.1. The lowest BCUT2D eigenvalue weighted by molar-refractivity contribution is 0.645. The predicted molar refractivity (Wildman–Crippen MR) is 73.2 cm³/mol. The van der Waals surface area contributed by atoms with Crippen LogP contribution >= 0.6 is 0 Å². The van der Waals surface area contributed by atoms with E-state index in [2.05, 4.69) is 44.3 Å². The van der Waals surface area contributed by atoms with Gasteiger partial charge >= 0.3 is 0 Å². The number of rotatable bonds is 7. The van der Waals surface area contributed by atoms with E-state index in [0.29, 0.717) is 0 Å². The summed E-state index contributed by atoms with van der Waals surface area (Å²) in [6.07, 6.45) is 6.72. The van der Waals surface area contributed by atoms with E-state index in [1.165, 1.54) is 48.9 Å². The number of para-hydroxylation sites is 1. The third kappa shape index (κ3) is 4.26. The highest BCUT2D eigenvalue weighted by Gasteiger charge is 1.99. The van der Waals surface area contributed by atoms with Crippen LogP contribution in [0.15, 0.2) is 18.2 Å². The van der Waals surface area contributed by atoms with Crippen molar-refractivity contribution in [2.45, 2.75) is 52.9 Å². The Morgan fingerprint density at radius 2 is 1.56 bits per heavy atom. The van der Waals surface area contributed by atoms with E-state index in [4.69, 9.17) is 0 Å². The molecule has 0 unspecified atom stereocenters. The molecule has 0 saturated heterocycles. The van der Waals surface area contributed by atoms with E-state index in [1.54, 1.807) is 0 Å². The molecule has 0 fully saturated rings. The van der Waals surface area contributed by atoms with Crippen LogP contribution in [-0.2, 0) is 0 Å². The van der Waals surface area contributed by atoms with Crippen LogP contribution < -0.4 is 5.32 Å². The first-order chi connectivity index (χ1) is 7.75. The van der Waals surface area contributed by atoms with Crippen LogP contribution in [0.3, 0.4) is 0 Å². The predicted octanol–water partition coefficient (Wildman–Crippen LogP) is 4.69. The lowest BCUT2D eigenvalue weighted by Crippen LogP contribution is -2.04. The summed E-state index contributed by atoms with van der Waals surface area (Å²) < 4.78 is 0. The summed E-state index contributed by atoms with van der Waals surface area (Å²) in [5.74, 6) is 0. The lowest BCUT2D eigenvalue weighted by Gasteiger charge is -2.12. The van der Waals surface area contributed by atoms with Crippen molar-refractivity contribution in [2.75, 3.05) is 11.9 Å². The minimum atomic E-state index is 1.11. The first-order valence-corrected chi connectivity index (χ1v) is 6.55. The Kier molecular flexibility index (Phi) is 5.99. The number of hydrogen-bond acceptors (Lipinski definition) is 1. The van der Waals surface area contributed by atoms with Crippen molar-refractivity contribution < 1.29 is 0 Å². The summed E-state index contributed by atoms with van der Waals surface area (Å²) in [5.41, 5.74) is 4.04. The van der Waals surface area contributed by atoms with Crippen LogP contribution in [0.25, 0.3) is 0 Å². The smallest absolute Gasteiger partial charge is 0.0399 e. The lowest BCUT2D eigenvalue weighted by atomic mass is 10.1. The molecule has 0 radical (unpaired) electrons. The molecule has 1 rings (SSSR count). The van der Waals surface area contributed by atoms with Crippen molar-refractivity contribution in [1.82, 2.24) is 0 Å². The second-order valence-corrected chi connectivity index (χ2v) is 4.61. The van der Waals surface area contributed by atoms with Crippen molar-refractivity contribution in [2.24, 2.45) is 0 Å². The largest absolute Gasteiger partial charge is 0.385 e. The van der Waals surface area contributed by atoms with E-state index >= 15 is 0 Å². The maximum atomic E-state index is 3.56. The molecule has 0 aliphatic rings. The van der Waals surface area contributed by atoms with Crippen molar-refractivity contribution >= 4 is 5.69 Å². The third-order valence-electron chi connectivity index (χ3n) is 3.06. The zero-order valence-corrected chi connectivity index (χ0v) is 11.0. The van der Waals surface area contributed by atoms with Gasteiger partial charge in [0.25, 0.3) is 0 Å². The average molecular weight is 219 g/mol. The number of hydrogen-bond donors (Lipinski definition) is 1. The SMILES string of the molecule is CCCCCCCNc1c(C)cccc1C. The molecule has 0 saturated carbocycles. The van der Waals surface area contributed by atoms with Gasteiger partial charge in [0.15, 0.2) is 0 Å². The third-order valence-corrected chi connectivity index (χ3v) is 3.06. The fourth-order valence-corrected chi connectivity index (χ4v) is 2.04. The van der Waals surface area contributed by atoms with Gasteiger partial charge in [-0.2, -0.15) is 0 Å². The molecular weight excluding hydrogens is 194 g/mol. The van der Waals surface area contributed by atoms with Crippen LogP contribution in [0.1, 0.15) is 50.2 Å². The highest BCUT2D eigenvalue weighted by atomic mass is 14.9. The number of benzene rings is 1. The molecular formula is C15H25N. The van der Waals surface area contributed by atoms with Gasteiger partial charge in [0.05, 0.1) is 0 Å². The van der Waals surface area contributed by atoms with Gasteiger partial charge in [-0.15, -0.1) is 0 Å². The topological polar surface area (TPSA) is 12.0 Å². The normalized spacial score (nSPS) is 10.4. The highest BCUT2D eigenvalue weighted by Crippen LogP contribution is 2.19. The molecule has 16 heavy (non-hydrogen) atoms. The van der Waals surface area contributed by atoms with E-state index in [0.717, 1.165) is 6.54 Å². The Bertz CT molecular complexity index is 284. The highest BCUT2D eigenvalue weighted by molar-refractivity contribution is 5.56. The molecule has 1 heteroatoms. The molecule has 0 atom stereocenters. The van der Waals surface area contributed by atoms with Gasteiger partial charge in [-0.05, 0) is 31.4 Å². The van der Waals surface area contributed by atoms with Crippen molar-refractivity contribution in [3.05, 3.63) is 29.3 Å². The van der Waals surface area contributed by atoms with Crippen molar-refractivity contribution in [3.63, 3.8) is 0 Å². The van der Waals surface area contributed by atoms with Crippen LogP contribution in [0.2, 0.25) is 0 Å². The number of unbranched alkanes of at least 4 members (excludes halogenated alkanes) is 4. The van der Waals surface area contributed by atoms with Gasteiger partial charge in [-0.3, -0.25) is 0 Å². The summed E-state index contributed by atoms with van der Waals surface area (Å²) in [6.45, 7) is 7.71. The van der Waals surface area contributed by atoms with Crippen LogP contribution in [0.5, 0.6) is 0 Å². The average Bonchev–Trinajstić information content (AvgIpc) is 2.26.